The van der Waals surface area contributed by atoms with Crippen molar-refractivity contribution in [2.24, 2.45) is 7.05 Å². The molecule has 4 nitrogen and oxygen atoms in total. The third-order valence-corrected chi connectivity index (χ3v) is 5.62. The van der Waals surface area contributed by atoms with Crippen LogP contribution in [0, 0.1) is 11.6 Å². The van der Waals surface area contributed by atoms with Crippen LogP contribution in [0.1, 0.15) is 6.92 Å². The Morgan fingerprint density at radius 3 is 2.47 bits per heavy atom. The highest BCUT2D eigenvalue weighted by Gasteiger charge is 2.16. The van der Waals surface area contributed by atoms with E-state index in [1.807, 2.05) is 42.7 Å². The van der Waals surface area contributed by atoms with Gasteiger partial charge in [0, 0.05) is 41.5 Å². The van der Waals surface area contributed by atoms with Crippen molar-refractivity contribution in [3.63, 3.8) is 0 Å². The normalized spacial score (nSPS) is 11.2. The Bertz CT molecular complexity index is 1380. The van der Waals surface area contributed by atoms with Crippen molar-refractivity contribution in [3.05, 3.63) is 100 Å². The van der Waals surface area contributed by atoms with E-state index in [0.717, 1.165) is 28.8 Å². The molecule has 0 saturated carbocycles. The molecule has 1 heterocycles. The summed E-state index contributed by atoms with van der Waals surface area (Å²) in [5, 5.41) is 3.21. The second-order valence-electron chi connectivity index (χ2n) is 7.08. The Kier molecular flexibility index (Phi) is 6.28. The highest BCUT2D eigenvalue weighted by atomic mass is 32.2. The van der Waals surface area contributed by atoms with Crippen LogP contribution in [0.2, 0.25) is 0 Å². The zero-order valence-electron chi connectivity index (χ0n) is 17.4. The van der Waals surface area contributed by atoms with Crippen molar-refractivity contribution in [1.29, 1.82) is 0 Å². The summed E-state index contributed by atoms with van der Waals surface area (Å²) in [6.45, 7) is 1.92. The Labute approximate surface area is 188 Å². The Morgan fingerprint density at radius 2 is 1.72 bits per heavy atom. The molecule has 1 N–H and O–H groups in total. The molecule has 0 spiro atoms. The Balaban J connectivity index is 1.90. The summed E-state index contributed by atoms with van der Waals surface area (Å²) in [4.78, 5) is 12.6. The number of anilines is 1. The van der Waals surface area contributed by atoms with E-state index >= 15 is 0 Å². The molecule has 0 amide bonds. The maximum atomic E-state index is 14.3. The number of fused-ring (bicyclic) bond motifs is 1. The van der Waals surface area contributed by atoms with Crippen LogP contribution in [0.15, 0.2) is 83.1 Å². The molecule has 0 saturated heterocycles. The lowest BCUT2D eigenvalue weighted by atomic mass is 9.99. The minimum Gasteiger partial charge on any atom is -0.454 e. The molecule has 7 heteroatoms. The molecule has 0 aliphatic heterocycles. The molecule has 0 unspecified atom stereocenters. The molecule has 3 aromatic carbocycles. The third kappa shape index (κ3) is 4.38. The number of benzene rings is 3. The lowest BCUT2D eigenvalue weighted by Crippen LogP contribution is -2.16. The third-order valence-electron chi connectivity index (χ3n) is 4.86. The Hall–Kier alpha value is -3.58. The minimum atomic E-state index is -0.799. The van der Waals surface area contributed by atoms with Gasteiger partial charge in [0.2, 0.25) is 0 Å². The van der Waals surface area contributed by atoms with Gasteiger partial charge in [0.15, 0.2) is 11.6 Å². The number of hydrogen-bond donors (Lipinski definition) is 1. The largest absolute Gasteiger partial charge is 0.454 e. The highest BCUT2D eigenvalue weighted by Crippen LogP contribution is 2.39. The van der Waals surface area contributed by atoms with Crippen molar-refractivity contribution >= 4 is 28.4 Å². The summed E-state index contributed by atoms with van der Waals surface area (Å²) in [5.41, 5.74) is 2.09. The van der Waals surface area contributed by atoms with E-state index in [1.165, 1.54) is 22.6 Å². The zero-order valence-corrected chi connectivity index (χ0v) is 18.2. The summed E-state index contributed by atoms with van der Waals surface area (Å²) >= 11 is 1.41. The number of hydrogen-bond acceptors (Lipinski definition) is 4. The first-order valence-electron chi connectivity index (χ1n) is 9.86. The number of allylic oxidation sites excluding steroid dienone is 1. The maximum absolute atomic E-state index is 14.3. The van der Waals surface area contributed by atoms with E-state index in [0.29, 0.717) is 16.7 Å². The van der Waals surface area contributed by atoms with Crippen LogP contribution < -0.4 is 15.0 Å². The number of aromatic nitrogens is 1. The van der Waals surface area contributed by atoms with Gasteiger partial charge in [-0.1, -0.05) is 24.3 Å². The lowest BCUT2D eigenvalue weighted by Gasteiger charge is -2.16. The van der Waals surface area contributed by atoms with Gasteiger partial charge in [-0.2, -0.15) is 0 Å². The van der Waals surface area contributed by atoms with Crippen LogP contribution in [0.3, 0.4) is 0 Å². The fourth-order valence-electron chi connectivity index (χ4n) is 3.37. The molecule has 0 atom stereocenters. The first-order valence-corrected chi connectivity index (χ1v) is 10.7. The van der Waals surface area contributed by atoms with E-state index in [4.69, 9.17) is 4.74 Å². The van der Waals surface area contributed by atoms with Crippen molar-refractivity contribution in [2.75, 3.05) is 4.72 Å². The fraction of sp³-hybridized carbons (Fsp3) is 0.0800. The van der Waals surface area contributed by atoms with E-state index in [-0.39, 0.29) is 11.3 Å². The van der Waals surface area contributed by atoms with Crippen molar-refractivity contribution in [3.8, 4) is 22.6 Å². The smallest absolute Gasteiger partial charge is 0.258 e. The van der Waals surface area contributed by atoms with Gasteiger partial charge in [-0.3, -0.25) is 4.79 Å². The molecule has 0 bridgehead atoms. The Morgan fingerprint density at radius 1 is 0.969 bits per heavy atom. The summed E-state index contributed by atoms with van der Waals surface area (Å²) in [6, 6.07) is 15.9. The lowest BCUT2D eigenvalue weighted by molar-refractivity contribution is 0.439. The van der Waals surface area contributed by atoms with E-state index < -0.39 is 11.6 Å². The van der Waals surface area contributed by atoms with Gasteiger partial charge in [-0.05, 0) is 66.1 Å². The van der Waals surface area contributed by atoms with Gasteiger partial charge in [0.25, 0.3) is 5.56 Å². The molecular formula is C25H20F2N2O2S. The number of nitrogens with one attached hydrogen (secondary N) is 1. The van der Waals surface area contributed by atoms with Crippen molar-refractivity contribution in [2.45, 2.75) is 6.92 Å². The topological polar surface area (TPSA) is 43.3 Å². The van der Waals surface area contributed by atoms with Crippen LogP contribution in [-0.2, 0) is 7.05 Å². The van der Waals surface area contributed by atoms with Crippen LogP contribution in [-0.4, -0.2) is 4.57 Å². The van der Waals surface area contributed by atoms with Gasteiger partial charge < -0.3 is 14.0 Å². The standard InChI is InChI=1S/C25H20F2N2O2S/c1-3-12-32-28-17-9-11-23(31-24-10-8-16(26)13-22(24)27)20(14-17)21-15-29(2)25(30)19-7-5-4-6-18(19)21/h3-15,28H,1-2H3/b12-3+. The molecule has 4 rings (SSSR count). The average molecular weight is 451 g/mol. The van der Waals surface area contributed by atoms with Gasteiger partial charge in [0.05, 0.1) is 0 Å². The number of rotatable bonds is 6. The summed E-state index contributed by atoms with van der Waals surface area (Å²) < 4.78 is 38.2. The monoisotopic (exact) mass is 450 g/mol. The first-order chi connectivity index (χ1) is 15.5. The molecule has 1 aromatic heterocycles. The number of ether oxygens (including phenoxy) is 1. The van der Waals surface area contributed by atoms with Crippen LogP contribution in [0.4, 0.5) is 14.5 Å². The minimum absolute atomic E-state index is 0.0919. The first kappa shape index (κ1) is 21.6. The molecule has 0 aliphatic carbocycles. The van der Waals surface area contributed by atoms with E-state index in [1.54, 1.807) is 31.4 Å². The highest BCUT2D eigenvalue weighted by molar-refractivity contribution is 8.03. The number of halogens is 2. The van der Waals surface area contributed by atoms with Crippen LogP contribution >= 0.6 is 11.9 Å². The molecule has 0 radical (unpaired) electrons. The molecule has 0 aliphatic rings. The predicted octanol–water partition coefficient (Wildman–Crippen LogP) is 6.87. The molecule has 4 aromatic rings. The summed E-state index contributed by atoms with van der Waals surface area (Å²) in [5.74, 6) is -1.20. The number of nitrogens with zero attached hydrogens (tertiary/aromatic N) is 1. The van der Waals surface area contributed by atoms with Gasteiger partial charge in [0.1, 0.15) is 11.6 Å². The van der Waals surface area contributed by atoms with Gasteiger partial charge in [-0.15, -0.1) is 0 Å². The second kappa shape index (κ2) is 9.28. The molecular weight excluding hydrogens is 430 g/mol. The SMILES string of the molecule is C/C=C/SNc1ccc(Oc2ccc(F)cc2F)c(-c2cn(C)c(=O)c3ccccc23)c1. The van der Waals surface area contributed by atoms with E-state index in [2.05, 4.69) is 4.72 Å². The average Bonchev–Trinajstić information content (AvgIpc) is 2.79. The zero-order chi connectivity index (χ0) is 22.7. The number of pyridine rings is 1. The quantitative estimate of drug-likeness (QED) is 0.326. The van der Waals surface area contributed by atoms with Crippen LogP contribution in [0.25, 0.3) is 21.9 Å². The van der Waals surface area contributed by atoms with Crippen molar-refractivity contribution < 1.29 is 13.5 Å². The summed E-state index contributed by atoms with van der Waals surface area (Å²) in [7, 11) is 1.68. The van der Waals surface area contributed by atoms with Gasteiger partial charge >= 0.3 is 0 Å². The van der Waals surface area contributed by atoms with Crippen LogP contribution in [0.5, 0.6) is 11.5 Å². The molecule has 0 fully saturated rings. The number of aryl methyl sites for hydroxylation is 1. The summed E-state index contributed by atoms with van der Waals surface area (Å²) in [6.07, 6.45) is 3.64. The maximum Gasteiger partial charge on any atom is 0.258 e. The van der Waals surface area contributed by atoms with Gasteiger partial charge in [-0.25, -0.2) is 8.78 Å². The second-order valence-corrected chi connectivity index (χ2v) is 7.79. The molecule has 162 valence electrons. The van der Waals surface area contributed by atoms with Crippen molar-refractivity contribution in [1.82, 2.24) is 4.57 Å². The molecule has 32 heavy (non-hydrogen) atoms. The predicted molar refractivity (Wildman–Crippen MR) is 127 cm³/mol. The fourth-order valence-corrected chi connectivity index (χ4v) is 3.84. The van der Waals surface area contributed by atoms with E-state index in [9.17, 15) is 13.6 Å².